The summed E-state index contributed by atoms with van der Waals surface area (Å²) < 4.78 is 10.00. The lowest BCUT2D eigenvalue weighted by Gasteiger charge is -2.42. The van der Waals surface area contributed by atoms with Crippen LogP contribution in [0.1, 0.15) is 36.0 Å². The highest BCUT2D eigenvalue weighted by molar-refractivity contribution is 5.93. The summed E-state index contributed by atoms with van der Waals surface area (Å²) in [6.45, 7) is 4.50. The number of carbonyl (C=O) groups is 2. The molecule has 26 heavy (non-hydrogen) atoms. The molecule has 2 aliphatic rings. The summed E-state index contributed by atoms with van der Waals surface area (Å²) in [6.07, 6.45) is 6.96. The second-order valence-electron chi connectivity index (χ2n) is 7.15. The van der Waals surface area contributed by atoms with Crippen molar-refractivity contribution in [3.8, 4) is 0 Å². The Bertz CT molecular complexity index is 582. The van der Waals surface area contributed by atoms with Gasteiger partial charge in [0.05, 0.1) is 24.4 Å². The van der Waals surface area contributed by atoms with Gasteiger partial charge in [-0.15, -0.1) is 0 Å². The first kappa shape index (κ1) is 18.9. The largest absolute Gasteiger partial charge is 0.472 e. The zero-order valence-corrected chi connectivity index (χ0v) is 15.5. The zero-order valence-electron chi connectivity index (χ0n) is 15.5. The van der Waals surface area contributed by atoms with Crippen LogP contribution in [0.4, 0.5) is 0 Å². The van der Waals surface area contributed by atoms with E-state index >= 15 is 0 Å². The minimum atomic E-state index is 0.0474. The quantitative estimate of drug-likeness (QED) is 0.773. The van der Waals surface area contributed by atoms with Crippen LogP contribution in [0.15, 0.2) is 23.0 Å². The van der Waals surface area contributed by atoms with Crippen LogP contribution in [0.2, 0.25) is 0 Å². The molecule has 3 heterocycles. The normalized spacial score (nSPS) is 22.3. The standard InChI is InChI=1S/C19H29N3O4/c1-25-12-7-20-18(23)15-3-2-8-22(13-15)17-4-9-21(10-5-17)19(24)16-6-11-26-14-16/h6,11,14-15,17H,2-5,7-10,12-13H2,1H3,(H,20,23)/t15-/m1/s1. The highest BCUT2D eigenvalue weighted by atomic mass is 16.5. The molecule has 3 rings (SSSR count). The predicted octanol–water partition coefficient (Wildman–Crippen LogP) is 1.36. The molecule has 0 unspecified atom stereocenters. The number of likely N-dealkylation sites (tertiary alicyclic amines) is 2. The number of carbonyl (C=O) groups excluding carboxylic acids is 2. The van der Waals surface area contributed by atoms with Gasteiger partial charge in [0.15, 0.2) is 0 Å². The second kappa shape index (κ2) is 9.19. The molecule has 1 aromatic rings. The predicted molar refractivity (Wildman–Crippen MR) is 96.8 cm³/mol. The van der Waals surface area contributed by atoms with Crippen LogP contribution in [0.25, 0.3) is 0 Å². The van der Waals surface area contributed by atoms with Crippen molar-refractivity contribution in [3.05, 3.63) is 24.2 Å². The molecule has 7 heteroatoms. The van der Waals surface area contributed by atoms with Gasteiger partial charge in [-0.05, 0) is 38.3 Å². The first-order valence-corrected chi connectivity index (χ1v) is 9.51. The number of hydrogen-bond acceptors (Lipinski definition) is 5. The Labute approximate surface area is 154 Å². The molecule has 0 aromatic carbocycles. The highest BCUT2D eigenvalue weighted by Crippen LogP contribution is 2.24. The molecule has 1 N–H and O–H groups in total. The number of methoxy groups -OCH3 is 1. The van der Waals surface area contributed by atoms with Gasteiger partial charge in [-0.3, -0.25) is 14.5 Å². The van der Waals surface area contributed by atoms with Gasteiger partial charge in [-0.25, -0.2) is 0 Å². The lowest BCUT2D eigenvalue weighted by atomic mass is 9.93. The molecule has 1 aromatic heterocycles. The molecule has 0 radical (unpaired) electrons. The van der Waals surface area contributed by atoms with Crippen molar-refractivity contribution in [1.82, 2.24) is 15.1 Å². The van der Waals surface area contributed by atoms with Crippen LogP contribution in [0.3, 0.4) is 0 Å². The minimum Gasteiger partial charge on any atom is -0.472 e. The van der Waals surface area contributed by atoms with Crippen LogP contribution in [0.5, 0.6) is 0 Å². The Morgan fingerprint density at radius 2 is 2.08 bits per heavy atom. The average Bonchev–Trinajstić information content (AvgIpc) is 3.22. The Morgan fingerprint density at radius 3 is 2.77 bits per heavy atom. The van der Waals surface area contributed by atoms with E-state index in [1.807, 2.05) is 4.90 Å². The number of nitrogens with zero attached hydrogens (tertiary/aromatic N) is 2. The van der Waals surface area contributed by atoms with Crippen LogP contribution in [-0.4, -0.2) is 74.1 Å². The van der Waals surface area contributed by atoms with Gasteiger partial charge in [-0.2, -0.15) is 0 Å². The van der Waals surface area contributed by atoms with E-state index in [4.69, 9.17) is 9.15 Å². The van der Waals surface area contributed by atoms with E-state index in [-0.39, 0.29) is 17.7 Å². The molecular formula is C19H29N3O4. The maximum absolute atomic E-state index is 12.4. The van der Waals surface area contributed by atoms with Gasteiger partial charge >= 0.3 is 0 Å². The summed E-state index contributed by atoms with van der Waals surface area (Å²) in [5.41, 5.74) is 0.620. The van der Waals surface area contributed by atoms with E-state index in [1.54, 1.807) is 13.2 Å². The molecule has 2 aliphatic heterocycles. The van der Waals surface area contributed by atoms with E-state index < -0.39 is 0 Å². The Hall–Kier alpha value is -1.86. The van der Waals surface area contributed by atoms with E-state index in [9.17, 15) is 9.59 Å². The van der Waals surface area contributed by atoms with Crippen molar-refractivity contribution in [2.75, 3.05) is 46.4 Å². The topological polar surface area (TPSA) is 75.0 Å². The van der Waals surface area contributed by atoms with Crippen molar-refractivity contribution in [1.29, 1.82) is 0 Å². The number of furan rings is 1. The molecule has 0 saturated carbocycles. The number of piperidine rings is 2. The summed E-state index contributed by atoms with van der Waals surface area (Å²) in [6, 6.07) is 2.17. The lowest BCUT2D eigenvalue weighted by molar-refractivity contribution is -0.127. The molecule has 144 valence electrons. The van der Waals surface area contributed by atoms with Crippen molar-refractivity contribution < 1.29 is 18.7 Å². The molecule has 2 fully saturated rings. The number of ether oxygens (including phenoxy) is 1. The number of hydrogen-bond donors (Lipinski definition) is 1. The maximum atomic E-state index is 12.4. The fourth-order valence-electron chi connectivity index (χ4n) is 3.98. The smallest absolute Gasteiger partial charge is 0.257 e. The number of nitrogens with one attached hydrogen (secondary N) is 1. The number of amides is 2. The van der Waals surface area contributed by atoms with Crippen molar-refractivity contribution in [2.24, 2.45) is 5.92 Å². The Morgan fingerprint density at radius 1 is 1.27 bits per heavy atom. The molecule has 2 amide bonds. The van der Waals surface area contributed by atoms with Crippen LogP contribution in [-0.2, 0) is 9.53 Å². The molecule has 2 saturated heterocycles. The van der Waals surface area contributed by atoms with E-state index in [0.717, 1.165) is 51.9 Å². The fraction of sp³-hybridized carbons (Fsp3) is 0.684. The maximum Gasteiger partial charge on any atom is 0.257 e. The third-order valence-corrected chi connectivity index (χ3v) is 5.47. The summed E-state index contributed by atoms with van der Waals surface area (Å²) in [4.78, 5) is 29.1. The highest BCUT2D eigenvalue weighted by Gasteiger charge is 2.32. The van der Waals surface area contributed by atoms with Gasteiger partial charge in [0.1, 0.15) is 6.26 Å². The lowest BCUT2D eigenvalue weighted by Crippen LogP contribution is -2.51. The van der Waals surface area contributed by atoms with Gasteiger partial charge in [0.25, 0.3) is 5.91 Å². The van der Waals surface area contributed by atoms with Gasteiger partial charge in [0, 0.05) is 39.3 Å². The Kier molecular flexibility index (Phi) is 6.68. The fourth-order valence-corrected chi connectivity index (χ4v) is 3.98. The van der Waals surface area contributed by atoms with E-state index in [0.29, 0.717) is 24.8 Å². The van der Waals surface area contributed by atoms with Gasteiger partial charge in [-0.1, -0.05) is 0 Å². The van der Waals surface area contributed by atoms with Gasteiger partial charge < -0.3 is 19.4 Å². The van der Waals surface area contributed by atoms with Crippen LogP contribution >= 0.6 is 0 Å². The summed E-state index contributed by atoms with van der Waals surface area (Å²) >= 11 is 0. The summed E-state index contributed by atoms with van der Waals surface area (Å²) in [5.74, 6) is 0.247. The van der Waals surface area contributed by atoms with Crippen molar-refractivity contribution in [3.63, 3.8) is 0 Å². The Balaban J connectivity index is 1.46. The minimum absolute atomic E-state index is 0.0474. The monoisotopic (exact) mass is 363 g/mol. The van der Waals surface area contributed by atoms with E-state index in [1.165, 1.54) is 12.5 Å². The number of rotatable bonds is 6. The van der Waals surface area contributed by atoms with E-state index in [2.05, 4.69) is 10.2 Å². The summed E-state index contributed by atoms with van der Waals surface area (Å²) in [7, 11) is 1.64. The first-order chi connectivity index (χ1) is 12.7. The third kappa shape index (κ3) is 4.65. The van der Waals surface area contributed by atoms with Crippen molar-refractivity contribution >= 4 is 11.8 Å². The summed E-state index contributed by atoms with van der Waals surface area (Å²) in [5, 5.41) is 2.96. The van der Waals surface area contributed by atoms with Crippen LogP contribution in [0, 0.1) is 5.92 Å². The molecular weight excluding hydrogens is 334 g/mol. The molecule has 0 bridgehead atoms. The first-order valence-electron chi connectivity index (χ1n) is 9.51. The third-order valence-electron chi connectivity index (χ3n) is 5.47. The SMILES string of the molecule is COCCNC(=O)[C@@H]1CCCN(C2CCN(C(=O)c3ccoc3)CC2)C1. The van der Waals surface area contributed by atoms with Gasteiger partial charge in [0.2, 0.25) is 5.91 Å². The zero-order chi connectivity index (χ0) is 18.4. The molecule has 0 spiro atoms. The average molecular weight is 363 g/mol. The molecule has 0 aliphatic carbocycles. The van der Waals surface area contributed by atoms with Crippen molar-refractivity contribution in [2.45, 2.75) is 31.7 Å². The molecule has 1 atom stereocenters. The van der Waals surface area contributed by atoms with Crippen LogP contribution < -0.4 is 5.32 Å². The molecule has 7 nitrogen and oxygen atoms in total. The second-order valence-corrected chi connectivity index (χ2v) is 7.15.